The second-order valence-electron chi connectivity index (χ2n) is 5.43. The van der Waals surface area contributed by atoms with Crippen molar-refractivity contribution in [3.05, 3.63) is 21.9 Å². The first kappa shape index (κ1) is 15.1. The van der Waals surface area contributed by atoms with E-state index in [1.54, 1.807) is 0 Å². The number of hydrogen-bond donors (Lipinski definition) is 1. The van der Waals surface area contributed by atoms with Crippen molar-refractivity contribution in [1.82, 2.24) is 4.90 Å². The first-order valence-electron chi connectivity index (χ1n) is 7.12. The molecule has 3 nitrogen and oxygen atoms in total. The highest BCUT2D eigenvalue weighted by Crippen LogP contribution is 2.26. The molecular formula is C16H21NO2S. The van der Waals surface area contributed by atoms with E-state index in [-0.39, 0.29) is 12.5 Å². The van der Waals surface area contributed by atoms with E-state index < -0.39 is 0 Å². The second kappa shape index (κ2) is 6.92. The Morgan fingerprint density at radius 2 is 2.40 bits per heavy atom. The summed E-state index contributed by atoms with van der Waals surface area (Å²) in [5.74, 6) is 6.50. The van der Waals surface area contributed by atoms with Crippen molar-refractivity contribution in [2.75, 3.05) is 13.2 Å². The van der Waals surface area contributed by atoms with Crippen molar-refractivity contribution < 1.29 is 9.90 Å². The molecule has 0 radical (unpaired) electrons. The van der Waals surface area contributed by atoms with Crippen LogP contribution in [0.15, 0.2) is 11.4 Å². The Morgan fingerprint density at radius 3 is 3.10 bits per heavy atom. The van der Waals surface area contributed by atoms with E-state index in [0.717, 1.165) is 29.8 Å². The third kappa shape index (κ3) is 3.41. The van der Waals surface area contributed by atoms with Gasteiger partial charge in [-0.05, 0) is 24.8 Å². The smallest absolute Gasteiger partial charge is 0.255 e. The van der Waals surface area contributed by atoms with E-state index >= 15 is 0 Å². The number of aliphatic hydroxyl groups excluding tert-OH is 1. The predicted octanol–water partition coefficient (Wildman–Crippen LogP) is 2.74. The lowest BCUT2D eigenvalue weighted by Crippen LogP contribution is -2.38. The van der Waals surface area contributed by atoms with Crippen molar-refractivity contribution in [2.45, 2.75) is 39.2 Å². The lowest BCUT2D eigenvalue weighted by atomic mass is 10.0. The third-order valence-corrected chi connectivity index (χ3v) is 4.47. The van der Waals surface area contributed by atoms with Crippen LogP contribution in [0.1, 0.15) is 48.3 Å². The molecule has 1 fully saturated rings. The van der Waals surface area contributed by atoms with Crippen LogP contribution in [-0.4, -0.2) is 35.1 Å². The standard InChI is InChI=1S/C16H21NO2S/c1-12(2)15-7-5-8-17(15)16(19)13-10-14(20-11-13)6-3-4-9-18/h10-12,15,18H,4-5,7-9H2,1-2H3. The molecule has 1 amide bonds. The molecule has 1 aliphatic rings. The van der Waals surface area contributed by atoms with Gasteiger partial charge in [0.2, 0.25) is 0 Å². The third-order valence-electron chi connectivity index (χ3n) is 3.62. The fourth-order valence-electron chi connectivity index (χ4n) is 2.62. The first-order valence-corrected chi connectivity index (χ1v) is 8.00. The Labute approximate surface area is 124 Å². The van der Waals surface area contributed by atoms with Crippen molar-refractivity contribution >= 4 is 17.2 Å². The van der Waals surface area contributed by atoms with Gasteiger partial charge in [0.15, 0.2) is 0 Å². The summed E-state index contributed by atoms with van der Waals surface area (Å²) >= 11 is 1.49. The lowest BCUT2D eigenvalue weighted by Gasteiger charge is -2.27. The highest BCUT2D eigenvalue weighted by molar-refractivity contribution is 7.10. The van der Waals surface area contributed by atoms with Gasteiger partial charge in [-0.15, -0.1) is 11.3 Å². The minimum Gasteiger partial charge on any atom is -0.395 e. The van der Waals surface area contributed by atoms with Gasteiger partial charge < -0.3 is 10.0 Å². The molecule has 1 atom stereocenters. The molecule has 1 aromatic heterocycles. The topological polar surface area (TPSA) is 40.5 Å². The number of carbonyl (C=O) groups is 1. The maximum atomic E-state index is 12.5. The zero-order chi connectivity index (χ0) is 14.5. The first-order chi connectivity index (χ1) is 9.63. The van der Waals surface area contributed by atoms with Gasteiger partial charge in [-0.1, -0.05) is 25.7 Å². The average molecular weight is 291 g/mol. The molecular weight excluding hydrogens is 270 g/mol. The molecule has 0 aromatic carbocycles. The summed E-state index contributed by atoms with van der Waals surface area (Å²) in [6.07, 6.45) is 2.68. The summed E-state index contributed by atoms with van der Waals surface area (Å²) in [6.45, 7) is 5.29. The van der Waals surface area contributed by atoms with Crippen molar-refractivity contribution in [3.63, 3.8) is 0 Å². The fourth-order valence-corrected chi connectivity index (χ4v) is 3.37. The molecule has 1 N–H and O–H groups in total. The molecule has 20 heavy (non-hydrogen) atoms. The van der Waals surface area contributed by atoms with Crippen LogP contribution in [0.3, 0.4) is 0 Å². The van der Waals surface area contributed by atoms with Crippen LogP contribution in [0, 0.1) is 17.8 Å². The molecule has 0 bridgehead atoms. The van der Waals surface area contributed by atoms with Crippen LogP contribution in [0.4, 0.5) is 0 Å². The molecule has 0 aliphatic carbocycles. The maximum absolute atomic E-state index is 12.5. The van der Waals surface area contributed by atoms with Gasteiger partial charge in [-0.3, -0.25) is 4.79 Å². The van der Waals surface area contributed by atoms with Crippen molar-refractivity contribution in [3.8, 4) is 11.8 Å². The fraction of sp³-hybridized carbons (Fsp3) is 0.562. The highest BCUT2D eigenvalue weighted by atomic mass is 32.1. The summed E-state index contributed by atoms with van der Waals surface area (Å²) in [5, 5.41) is 10.6. The van der Waals surface area contributed by atoms with Crippen LogP contribution >= 0.6 is 11.3 Å². The molecule has 1 unspecified atom stereocenters. The number of thiophene rings is 1. The van der Waals surface area contributed by atoms with E-state index in [1.165, 1.54) is 11.3 Å². The Bertz CT molecular complexity index is 524. The van der Waals surface area contributed by atoms with Gasteiger partial charge in [0, 0.05) is 24.4 Å². The quantitative estimate of drug-likeness (QED) is 0.870. The number of amides is 1. The Morgan fingerprint density at radius 1 is 1.60 bits per heavy atom. The number of likely N-dealkylation sites (tertiary alicyclic amines) is 1. The van der Waals surface area contributed by atoms with Crippen molar-refractivity contribution in [2.24, 2.45) is 5.92 Å². The van der Waals surface area contributed by atoms with Gasteiger partial charge in [-0.25, -0.2) is 0 Å². The van der Waals surface area contributed by atoms with E-state index in [9.17, 15) is 4.79 Å². The van der Waals surface area contributed by atoms with Gasteiger partial charge in [0.1, 0.15) is 0 Å². The molecule has 1 aliphatic heterocycles. The Balaban J connectivity index is 2.08. The number of hydrogen-bond acceptors (Lipinski definition) is 3. The van der Waals surface area contributed by atoms with Crippen LogP contribution in [-0.2, 0) is 0 Å². The molecule has 108 valence electrons. The summed E-state index contributed by atoms with van der Waals surface area (Å²) in [4.78, 5) is 15.5. The van der Waals surface area contributed by atoms with Crippen LogP contribution in [0.2, 0.25) is 0 Å². The summed E-state index contributed by atoms with van der Waals surface area (Å²) in [6, 6.07) is 2.24. The normalized spacial score (nSPS) is 18.2. The number of carbonyl (C=O) groups excluding carboxylic acids is 1. The lowest BCUT2D eigenvalue weighted by molar-refractivity contribution is 0.0702. The second-order valence-corrected chi connectivity index (χ2v) is 6.34. The summed E-state index contributed by atoms with van der Waals surface area (Å²) < 4.78 is 0. The molecule has 0 spiro atoms. The number of rotatable bonds is 3. The number of aliphatic hydroxyl groups is 1. The van der Waals surface area contributed by atoms with Crippen LogP contribution in [0.25, 0.3) is 0 Å². The van der Waals surface area contributed by atoms with Gasteiger partial charge >= 0.3 is 0 Å². The van der Waals surface area contributed by atoms with Crippen LogP contribution in [0.5, 0.6) is 0 Å². The molecule has 4 heteroatoms. The molecule has 1 aromatic rings. The summed E-state index contributed by atoms with van der Waals surface area (Å²) in [5.41, 5.74) is 0.746. The van der Waals surface area contributed by atoms with E-state index in [4.69, 9.17) is 5.11 Å². The minimum atomic E-state index is 0.0774. The minimum absolute atomic E-state index is 0.0774. The highest BCUT2D eigenvalue weighted by Gasteiger charge is 2.31. The molecule has 2 rings (SSSR count). The van der Waals surface area contributed by atoms with E-state index in [1.807, 2.05) is 16.3 Å². The molecule has 2 heterocycles. The zero-order valence-electron chi connectivity index (χ0n) is 12.1. The Hall–Kier alpha value is -1.31. The maximum Gasteiger partial charge on any atom is 0.255 e. The van der Waals surface area contributed by atoms with Gasteiger partial charge in [0.05, 0.1) is 17.0 Å². The van der Waals surface area contributed by atoms with Crippen molar-refractivity contribution in [1.29, 1.82) is 0 Å². The molecule has 1 saturated heterocycles. The van der Waals surface area contributed by atoms with Gasteiger partial charge in [0.25, 0.3) is 5.91 Å². The number of nitrogens with zero attached hydrogens (tertiary/aromatic N) is 1. The summed E-state index contributed by atoms with van der Waals surface area (Å²) in [7, 11) is 0. The van der Waals surface area contributed by atoms with Gasteiger partial charge in [-0.2, -0.15) is 0 Å². The van der Waals surface area contributed by atoms with E-state index in [2.05, 4.69) is 25.7 Å². The monoisotopic (exact) mass is 291 g/mol. The predicted molar refractivity (Wildman–Crippen MR) is 81.8 cm³/mol. The van der Waals surface area contributed by atoms with E-state index in [0.29, 0.717) is 18.4 Å². The average Bonchev–Trinajstić information content (AvgIpc) is 3.07. The largest absolute Gasteiger partial charge is 0.395 e. The molecule has 0 saturated carbocycles. The zero-order valence-corrected chi connectivity index (χ0v) is 12.9. The Kier molecular flexibility index (Phi) is 5.22. The van der Waals surface area contributed by atoms with Crippen LogP contribution < -0.4 is 0 Å². The SMILES string of the molecule is CC(C)C1CCCN1C(=O)c1csc(C#CCCO)c1.